The van der Waals surface area contributed by atoms with E-state index in [1.165, 1.54) is 0 Å². The fourth-order valence-electron chi connectivity index (χ4n) is 2.26. The van der Waals surface area contributed by atoms with Gasteiger partial charge in [-0.1, -0.05) is 28.1 Å². The van der Waals surface area contributed by atoms with E-state index in [2.05, 4.69) is 15.9 Å². The van der Waals surface area contributed by atoms with Crippen molar-refractivity contribution in [2.45, 2.75) is 11.2 Å². The zero-order chi connectivity index (χ0) is 12.7. The highest BCUT2D eigenvalue weighted by Gasteiger charge is 2.33. The van der Waals surface area contributed by atoms with Crippen LogP contribution in [-0.2, 0) is 4.79 Å². The summed E-state index contributed by atoms with van der Waals surface area (Å²) in [5.74, 6) is 0.214. The van der Waals surface area contributed by atoms with Crippen molar-refractivity contribution < 1.29 is 9.21 Å². The number of fused-ring (bicyclic) bond motifs is 1. The highest BCUT2D eigenvalue weighted by atomic mass is 79.9. The largest absolute Gasteiger partial charge is 0.443 e. The van der Waals surface area contributed by atoms with Gasteiger partial charge in [0.05, 0.1) is 0 Å². The third kappa shape index (κ3) is 1.61. The number of hydrogen-bond donors (Lipinski definition) is 0. The van der Waals surface area contributed by atoms with Gasteiger partial charge in [-0.15, -0.1) is 0 Å². The number of benzene rings is 1. The second kappa shape index (κ2) is 4.14. The van der Waals surface area contributed by atoms with Crippen LogP contribution in [0.25, 0.3) is 11.0 Å². The van der Waals surface area contributed by atoms with Gasteiger partial charge in [0.25, 0.3) is 0 Å². The first-order valence-electron chi connectivity index (χ1n) is 5.57. The summed E-state index contributed by atoms with van der Waals surface area (Å²) in [5.41, 5.74) is 1.23. The van der Waals surface area contributed by atoms with Crippen LogP contribution in [0, 0.1) is 11.3 Å². The van der Waals surface area contributed by atoms with E-state index in [9.17, 15) is 4.79 Å². The molecule has 0 aliphatic carbocycles. The second-order valence-electron chi connectivity index (χ2n) is 4.19. The number of halogens is 1. The normalized spacial score (nSPS) is 19.4. The maximum atomic E-state index is 11.9. The van der Waals surface area contributed by atoms with Crippen LogP contribution in [0.2, 0.25) is 0 Å². The van der Waals surface area contributed by atoms with E-state index in [0.717, 1.165) is 5.39 Å². The first-order valence-corrected chi connectivity index (χ1v) is 6.48. The molecule has 1 aromatic heterocycles. The SMILES string of the molecule is N#Cc1oc2ccccc2c1N1CC(Br)CC1=O. The van der Waals surface area contributed by atoms with Crippen LogP contribution in [0.5, 0.6) is 0 Å². The van der Waals surface area contributed by atoms with Crippen molar-refractivity contribution in [2.75, 3.05) is 11.4 Å². The number of alkyl halides is 1. The summed E-state index contributed by atoms with van der Waals surface area (Å²) in [6, 6.07) is 9.40. The minimum Gasteiger partial charge on any atom is -0.443 e. The Balaban J connectivity index is 2.22. The fraction of sp³-hybridized carbons (Fsp3) is 0.231. The maximum absolute atomic E-state index is 11.9. The number of nitrogens with zero attached hydrogens (tertiary/aromatic N) is 2. The van der Waals surface area contributed by atoms with Crippen molar-refractivity contribution in [3.63, 3.8) is 0 Å². The summed E-state index contributed by atoms with van der Waals surface area (Å²) in [5, 5.41) is 9.95. The predicted octanol–water partition coefficient (Wildman–Crippen LogP) is 2.80. The summed E-state index contributed by atoms with van der Waals surface area (Å²) >= 11 is 3.44. The van der Waals surface area contributed by atoms with E-state index >= 15 is 0 Å². The Labute approximate surface area is 112 Å². The van der Waals surface area contributed by atoms with E-state index in [1.807, 2.05) is 24.3 Å². The van der Waals surface area contributed by atoms with Crippen LogP contribution in [-0.4, -0.2) is 17.3 Å². The van der Waals surface area contributed by atoms with Gasteiger partial charge in [-0.2, -0.15) is 5.26 Å². The van der Waals surface area contributed by atoms with Crippen LogP contribution >= 0.6 is 15.9 Å². The topological polar surface area (TPSA) is 57.2 Å². The van der Waals surface area contributed by atoms with Crippen molar-refractivity contribution in [2.24, 2.45) is 0 Å². The smallest absolute Gasteiger partial charge is 0.228 e. The number of carbonyl (C=O) groups is 1. The molecule has 2 aromatic rings. The Morgan fingerprint density at radius 3 is 2.89 bits per heavy atom. The highest BCUT2D eigenvalue weighted by molar-refractivity contribution is 9.09. The van der Waals surface area contributed by atoms with Gasteiger partial charge in [0.2, 0.25) is 11.7 Å². The maximum Gasteiger partial charge on any atom is 0.228 e. The molecule has 1 aromatic carbocycles. The van der Waals surface area contributed by atoms with Crippen LogP contribution in [0.15, 0.2) is 28.7 Å². The lowest BCUT2D eigenvalue weighted by atomic mass is 10.2. The van der Waals surface area contributed by atoms with E-state index < -0.39 is 0 Å². The molecule has 1 fully saturated rings. The van der Waals surface area contributed by atoms with Crippen molar-refractivity contribution in [1.82, 2.24) is 0 Å². The number of hydrogen-bond acceptors (Lipinski definition) is 3. The molecule has 5 heteroatoms. The molecule has 1 aliphatic rings. The van der Waals surface area contributed by atoms with Crippen molar-refractivity contribution in [1.29, 1.82) is 5.26 Å². The molecule has 4 nitrogen and oxygen atoms in total. The molecule has 1 saturated heterocycles. The van der Waals surface area contributed by atoms with Gasteiger partial charge in [0.1, 0.15) is 17.3 Å². The summed E-state index contributed by atoms with van der Waals surface area (Å²) < 4.78 is 5.47. The number of carbonyl (C=O) groups excluding carboxylic acids is 1. The van der Waals surface area contributed by atoms with Crippen LogP contribution in [0.4, 0.5) is 5.69 Å². The van der Waals surface area contributed by atoms with E-state index in [1.54, 1.807) is 11.0 Å². The molecule has 3 rings (SSSR count). The lowest BCUT2D eigenvalue weighted by molar-refractivity contribution is -0.117. The lowest BCUT2D eigenvalue weighted by Crippen LogP contribution is -2.24. The molecule has 1 unspecified atom stereocenters. The van der Waals surface area contributed by atoms with E-state index in [4.69, 9.17) is 9.68 Å². The molecule has 0 spiro atoms. The highest BCUT2D eigenvalue weighted by Crippen LogP contribution is 2.36. The monoisotopic (exact) mass is 304 g/mol. The molecule has 1 atom stereocenters. The molecule has 0 bridgehead atoms. The van der Waals surface area contributed by atoms with Crippen LogP contribution in [0.3, 0.4) is 0 Å². The predicted molar refractivity (Wildman–Crippen MR) is 70.6 cm³/mol. The number of para-hydroxylation sites is 1. The van der Waals surface area contributed by atoms with E-state index in [0.29, 0.717) is 24.2 Å². The van der Waals surface area contributed by atoms with Gasteiger partial charge in [-0.25, -0.2) is 0 Å². The molecule has 0 radical (unpaired) electrons. The Bertz CT molecular complexity index is 671. The average molecular weight is 305 g/mol. The number of rotatable bonds is 1. The Morgan fingerprint density at radius 1 is 1.44 bits per heavy atom. The molecule has 18 heavy (non-hydrogen) atoms. The fourth-order valence-corrected chi connectivity index (χ4v) is 2.82. The summed E-state index contributed by atoms with van der Waals surface area (Å²) in [7, 11) is 0. The standard InChI is InChI=1S/C13H9BrN2O2/c14-8-5-12(17)16(7-8)13-9-3-1-2-4-10(9)18-11(13)6-15/h1-4,8H,5,7H2. The molecule has 2 heterocycles. The molecular weight excluding hydrogens is 296 g/mol. The molecular formula is C13H9BrN2O2. The quantitative estimate of drug-likeness (QED) is 0.761. The lowest BCUT2D eigenvalue weighted by Gasteiger charge is -2.14. The Morgan fingerprint density at radius 2 is 2.22 bits per heavy atom. The third-order valence-electron chi connectivity index (χ3n) is 3.02. The van der Waals surface area contributed by atoms with Crippen molar-refractivity contribution in [3.8, 4) is 6.07 Å². The Hall–Kier alpha value is -1.80. The van der Waals surface area contributed by atoms with Gasteiger partial charge >= 0.3 is 0 Å². The first kappa shape index (κ1) is 11.3. The molecule has 1 amide bonds. The number of amides is 1. The zero-order valence-electron chi connectivity index (χ0n) is 9.39. The first-order chi connectivity index (χ1) is 8.70. The van der Waals surface area contributed by atoms with Gasteiger partial charge in [-0.3, -0.25) is 4.79 Å². The number of furan rings is 1. The van der Waals surface area contributed by atoms with Gasteiger partial charge < -0.3 is 9.32 Å². The van der Waals surface area contributed by atoms with Gasteiger partial charge in [0, 0.05) is 23.2 Å². The van der Waals surface area contributed by atoms with Gasteiger partial charge in [0.15, 0.2) is 0 Å². The zero-order valence-corrected chi connectivity index (χ0v) is 11.0. The Kier molecular flexibility index (Phi) is 2.60. The van der Waals surface area contributed by atoms with Crippen LogP contribution in [0.1, 0.15) is 12.2 Å². The molecule has 90 valence electrons. The van der Waals surface area contributed by atoms with Crippen molar-refractivity contribution in [3.05, 3.63) is 30.0 Å². The van der Waals surface area contributed by atoms with E-state index in [-0.39, 0.29) is 16.5 Å². The summed E-state index contributed by atoms with van der Waals surface area (Å²) in [6.45, 7) is 0.567. The average Bonchev–Trinajstić information content (AvgIpc) is 2.88. The minimum absolute atomic E-state index is 0.0138. The van der Waals surface area contributed by atoms with Crippen LogP contribution < -0.4 is 4.90 Å². The number of nitriles is 1. The third-order valence-corrected chi connectivity index (χ3v) is 3.63. The molecule has 1 aliphatic heterocycles. The molecule has 0 saturated carbocycles. The van der Waals surface area contributed by atoms with Gasteiger partial charge in [-0.05, 0) is 12.1 Å². The molecule has 0 N–H and O–H groups in total. The minimum atomic E-state index is 0.0138. The summed E-state index contributed by atoms with van der Waals surface area (Å²) in [6.07, 6.45) is 0.449. The van der Waals surface area contributed by atoms with Crippen molar-refractivity contribution >= 4 is 38.5 Å². The summed E-state index contributed by atoms with van der Waals surface area (Å²) in [4.78, 5) is 13.7. The number of anilines is 1. The second-order valence-corrected chi connectivity index (χ2v) is 5.49.